The van der Waals surface area contributed by atoms with Gasteiger partial charge in [0.25, 0.3) is 5.91 Å². The molecule has 0 aliphatic rings. The van der Waals surface area contributed by atoms with Gasteiger partial charge in [0.15, 0.2) is 0 Å². The van der Waals surface area contributed by atoms with Crippen molar-refractivity contribution in [3.05, 3.63) is 35.4 Å². The first-order chi connectivity index (χ1) is 10.8. The second kappa shape index (κ2) is 8.55. The number of nitrogens with one attached hydrogen (secondary N) is 1. The molecule has 1 aromatic carbocycles. The molecule has 0 radical (unpaired) electrons. The van der Waals surface area contributed by atoms with E-state index in [1.165, 1.54) is 0 Å². The summed E-state index contributed by atoms with van der Waals surface area (Å²) in [5.41, 5.74) is 4.48. The van der Waals surface area contributed by atoms with Gasteiger partial charge in [0, 0.05) is 5.56 Å². The Kier molecular flexibility index (Phi) is 7.06. The van der Waals surface area contributed by atoms with Crippen LogP contribution in [-0.4, -0.2) is 17.9 Å². The molecule has 0 saturated heterocycles. The highest BCUT2D eigenvalue weighted by Gasteiger charge is 2.30. The van der Waals surface area contributed by atoms with E-state index in [1.807, 2.05) is 0 Å². The molecule has 1 aromatic rings. The SMILES string of the molecule is CCCCCC[C@H](NC(=O)c1ccc(C(F)(F)F)cc1)C(N)=O. The molecule has 0 unspecified atom stereocenters. The second-order valence-corrected chi connectivity index (χ2v) is 5.35. The van der Waals surface area contributed by atoms with Crippen molar-refractivity contribution >= 4 is 11.8 Å². The zero-order chi connectivity index (χ0) is 17.5. The summed E-state index contributed by atoms with van der Waals surface area (Å²) in [6, 6.07) is 2.99. The van der Waals surface area contributed by atoms with Crippen molar-refractivity contribution in [2.45, 2.75) is 51.2 Å². The standard InChI is InChI=1S/C16H21F3N2O2/c1-2-3-4-5-6-13(14(20)22)21-15(23)11-7-9-12(10-8-11)16(17,18)19/h7-10,13H,2-6H2,1H3,(H2,20,22)(H,21,23)/t13-/m0/s1. The van der Waals surface area contributed by atoms with Crippen LogP contribution in [0.4, 0.5) is 13.2 Å². The Hall–Kier alpha value is -2.05. The lowest BCUT2D eigenvalue weighted by molar-refractivity contribution is -0.137. The van der Waals surface area contributed by atoms with E-state index in [2.05, 4.69) is 12.2 Å². The second-order valence-electron chi connectivity index (χ2n) is 5.35. The Morgan fingerprint density at radius 1 is 1.13 bits per heavy atom. The zero-order valence-corrected chi connectivity index (χ0v) is 13.0. The molecule has 0 fully saturated rings. The molecule has 0 aliphatic heterocycles. The largest absolute Gasteiger partial charge is 0.416 e. The number of halogens is 3. The quantitative estimate of drug-likeness (QED) is 0.718. The molecule has 4 nitrogen and oxygen atoms in total. The van der Waals surface area contributed by atoms with Crippen molar-refractivity contribution in [2.75, 3.05) is 0 Å². The van der Waals surface area contributed by atoms with E-state index in [1.54, 1.807) is 0 Å². The predicted octanol–water partition coefficient (Wildman–Crippen LogP) is 3.26. The summed E-state index contributed by atoms with van der Waals surface area (Å²) in [6.07, 6.45) is -0.297. The predicted molar refractivity (Wildman–Crippen MR) is 80.7 cm³/mol. The molecule has 0 saturated carbocycles. The maximum Gasteiger partial charge on any atom is 0.416 e. The number of hydrogen-bond acceptors (Lipinski definition) is 2. The zero-order valence-electron chi connectivity index (χ0n) is 13.0. The number of nitrogens with two attached hydrogens (primary N) is 1. The number of carbonyl (C=O) groups excluding carboxylic acids is 2. The van der Waals surface area contributed by atoms with Gasteiger partial charge in [0.2, 0.25) is 5.91 Å². The van der Waals surface area contributed by atoms with Crippen molar-refractivity contribution in [1.82, 2.24) is 5.32 Å². The van der Waals surface area contributed by atoms with Crippen molar-refractivity contribution in [1.29, 1.82) is 0 Å². The Bertz CT molecular complexity index is 527. The number of alkyl halides is 3. The van der Waals surface area contributed by atoms with Crippen LogP contribution in [0.25, 0.3) is 0 Å². The van der Waals surface area contributed by atoms with Crippen LogP contribution in [0.15, 0.2) is 24.3 Å². The molecule has 0 bridgehead atoms. The van der Waals surface area contributed by atoms with Crippen LogP contribution >= 0.6 is 0 Å². The minimum Gasteiger partial charge on any atom is -0.368 e. The molecule has 0 spiro atoms. The van der Waals surface area contributed by atoms with E-state index >= 15 is 0 Å². The van der Waals surface area contributed by atoms with Crippen LogP contribution in [0.5, 0.6) is 0 Å². The van der Waals surface area contributed by atoms with E-state index in [9.17, 15) is 22.8 Å². The van der Waals surface area contributed by atoms with Crippen LogP contribution < -0.4 is 11.1 Å². The summed E-state index contributed by atoms with van der Waals surface area (Å²) < 4.78 is 37.4. The molecular weight excluding hydrogens is 309 g/mol. The number of carbonyl (C=O) groups is 2. The molecule has 128 valence electrons. The number of benzene rings is 1. The summed E-state index contributed by atoms with van der Waals surface area (Å²) in [6.45, 7) is 2.05. The molecular formula is C16H21F3N2O2. The minimum atomic E-state index is -4.45. The van der Waals surface area contributed by atoms with Gasteiger partial charge in [-0.2, -0.15) is 13.2 Å². The number of unbranched alkanes of at least 4 members (excludes halogenated alkanes) is 3. The summed E-state index contributed by atoms with van der Waals surface area (Å²) in [5, 5.41) is 2.47. The molecule has 3 N–H and O–H groups in total. The van der Waals surface area contributed by atoms with Crippen molar-refractivity contribution < 1.29 is 22.8 Å². The molecule has 7 heteroatoms. The Morgan fingerprint density at radius 2 is 1.74 bits per heavy atom. The average Bonchev–Trinajstić information content (AvgIpc) is 2.49. The summed E-state index contributed by atoms with van der Waals surface area (Å²) >= 11 is 0. The van der Waals surface area contributed by atoms with Gasteiger partial charge >= 0.3 is 6.18 Å². The smallest absolute Gasteiger partial charge is 0.368 e. The highest BCUT2D eigenvalue weighted by atomic mass is 19.4. The van der Waals surface area contributed by atoms with E-state index in [0.29, 0.717) is 6.42 Å². The Morgan fingerprint density at radius 3 is 2.22 bits per heavy atom. The lowest BCUT2D eigenvalue weighted by Gasteiger charge is -2.15. The number of primary amides is 1. The topological polar surface area (TPSA) is 72.2 Å². The average molecular weight is 330 g/mol. The van der Waals surface area contributed by atoms with Crippen LogP contribution in [-0.2, 0) is 11.0 Å². The van der Waals surface area contributed by atoms with Crippen molar-refractivity contribution in [2.24, 2.45) is 5.73 Å². The van der Waals surface area contributed by atoms with E-state index < -0.39 is 29.6 Å². The van der Waals surface area contributed by atoms with Gasteiger partial charge in [0.05, 0.1) is 5.56 Å². The Labute approximate surface area is 133 Å². The van der Waals surface area contributed by atoms with E-state index in [-0.39, 0.29) is 5.56 Å². The normalized spacial score (nSPS) is 12.7. The highest BCUT2D eigenvalue weighted by Crippen LogP contribution is 2.29. The Balaban J connectivity index is 2.66. The maximum absolute atomic E-state index is 12.5. The van der Waals surface area contributed by atoms with Gasteiger partial charge in [-0.25, -0.2) is 0 Å². The summed E-state index contributed by atoms with van der Waals surface area (Å²) in [4.78, 5) is 23.4. The number of rotatable bonds is 8. The van der Waals surface area contributed by atoms with Crippen LogP contribution in [0.3, 0.4) is 0 Å². The first-order valence-electron chi connectivity index (χ1n) is 7.53. The fourth-order valence-corrected chi connectivity index (χ4v) is 2.11. The van der Waals surface area contributed by atoms with Crippen LogP contribution in [0.2, 0.25) is 0 Å². The molecule has 1 atom stereocenters. The highest BCUT2D eigenvalue weighted by molar-refractivity contribution is 5.97. The van der Waals surface area contributed by atoms with Gasteiger partial charge in [-0.15, -0.1) is 0 Å². The summed E-state index contributed by atoms with van der Waals surface area (Å²) in [5.74, 6) is -1.26. The number of hydrogen-bond donors (Lipinski definition) is 2. The molecule has 2 amide bonds. The first kappa shape index (κ1) is 19.0. The van der Waals surface area contributed by atoms with E-state index in [4.69, 9.17) is 5.73 Å². The molecule has 0 aliphatic carbocycles. The molecule has 0 heterocycles. The fraction of sp³-hybridized carbons (Fsp3) is 0.500. The third-order valence-corrected chi connectivity index (χ3v) is 3.47. The van der Waals surface area contributed by atoms with Crippen molar-refractivity contribution in [3.63, 3.8) is 0 Å². The first-order valence-corrected chi connectivity index (χ1v) is 7.53. The van der Waals surface area contributed by atoms with Gasteiger partial charge in [0.1, 0.15) is 6.04 Å². The lowest BCUT2D eigenvalue weighted by Crippen LogP contribution is -2.44. The molecule has 0 aromatic heterocycles. The monoisotopic (exact) mass is 330 g/mol. The fourth-order valence-electron chi connectivity index (χ4n) is 2.11. The third kappa shape index (κ3) is 6.30. The van der Waals surface area contributed by atoms with E-state index in [0.717, 1.165) is 49.9 Å². The van der Waals surface area contributed by atoms with Gasteiger partial charge in [-0.05, 0) is 30.7 Å². The lowest BCUT2D eigenvalue weighted by atomic mass is 10.1. The minimum absolute atomic E-state index is 0.0535. The summed E-state index contributed by atoms with van der Waals surface area (Å²) in [7, 11) is 0. The van der Waals surface area contributed by atoms with Gasteiger partial charge in [-0.3, -0.25) is 9.59 Å². The molecule has 23 heavy (non-hydrogen) atoms. The van der Waals surface area contributed by atoms with Gasteiger partial charge in [-0.1, -0.05) is 32.6 Å². The van der Waals surface area contributed by atoms with Crippen LogP contribution in [0, 0.1) is 0 Å². The van der Waals surface area contributed by atoms with Crippen LogP contribution in [0.1, 0.15) is 54.9 Å². The maximum atomic E-state index is 12.5. The molecule has 1 rings (SSSR count). The van der Waals surface area contributed by atoms with Crippen molar-refractivity contribution in [3.8, 4) is 0 Å². The van der Waals surface area contributed by atoms with Gasteiger partial charge < -0.3 is 11.1 Å². The number of amides is 2. The third-order valence-electron chi connectivity index (χ3n) is 3.47.